The molecule has 102 valence electrons. The van der Waals surface area contributed by atoms with Crippen LogP contribution in [0.15, 0.2) is 0 Å². The minimum absolute atomic E-state index is 0.165. The van der Waals surface area contributed by atoms with E-state index in [2.05, 4.69) is 16.3 Å². The van der Waals surface area contributed by atoms with Gasteiger partial charge in [-0.15, -0.1) is 11.3 Å². The van der Waals surface area contributed by atoms with Gasteiger partial charge in [0.2, 0.25) is 0 Å². The van der Waals surface area contributed by atoms with Gasteiger partial charge in [0.25, 0.3) is 5.91 Å². The fraction of sp³-hybridized carbons (Fsp3) is 0.500. The van der Waals surface area contributed by atoms with Crippen molar-refractivity contribution in [1.82, 2.24) is 5.32 Å². The summed E-state index contributed by atoms with van der Waals surface area (Å²) in [4.78, 5) is 14.2. The molecule has 1 aliphatic rings. The zero-order chi connectivity index (χ0) is 14.0. The third-order valence-corrected chi connectivity index (χ3v) is 4.50. The molecule has 0 radical (unpaired) electrons. The highest BCUT2D eigenvalue weighted by molar-refractivity contribution is 7.19. The number of hydrogen-bond donors (Lipinski definition) is 2. The maximum absolute atomic E-state index is 11.7. The molecule has 1 unspecified atom stereocenters. The van der Waals surface area contributed by atoms with Crippen LogP contribution >= 0.6 is 11.3 Å². The van der Waals surface area contributed by atoms with E-state index < -0.39 is 0 Å². The second-order valence-electron chi connectivity index (χ2n) is 4.31. The van der Waals surface area contributed by atoms with Crippen molar-refractivity contribution in [3.63, 3.8) is 0 Å². The summed E-state index contributed by atoms with van der Waals surface area (Å²) in [7, 11) is 3.22. The van der Waals surface area contributed by atoms with Gasteiger partial charge in [0, 0.05) is 27.2 Å². The lowest BCUT2D eigenvalue weighted by atomic mass is 10.2. The van der Waals surface area contributed by atoms with Gasteiger partial charge in [-0.2, -0.15) is 5.26 Å². The highest BCUT2D eigenvalue weighted by atomic mass is 32.1. The van der Waals surface area contributed by atoms with E-state index in [4.69, 9.17) is 10.5 Å². The summed E-state index contributed by atoms with van der Waals surface area (Å²) in [5.41, 5.74) is 6.55. The van der Waals surface area contributed by atoms with Gasteiger partial charge >= 0.3 is 0 Å². The number of ether oxygens (including phenoxy) is 1. The van der Waals surface area contributed by atoms with Gasteiger partial charge in [-0.3, -0.25) is 4.79 Å². The third kappa shape index (κ3) is 2.37. The molecule has 19 heavy (non-hydrogen) atoms. The molecule has 2 heterocycles. The Morgan fingerprint density at radius 2 is 2.42 bits per heavy atom. The van der Waals surface area contributed by atoms with Crippen LogP contribution in [0.2, 0.25) is 0 Å². The summed E-state index contributed by atoms with van der Waals surface area (Å²) in [6.07, 6.45) is 1.08. The van der Waals surface area contributed by atoms with Crippen LogP contribution in [0, 0.1) is 11.3 Å². The number of methoxy groups -OCH3 is 1. The van der Waals surface area contributed by atoms with E-state index in [-0.39, 0.29) is 17.7 Å². The first-order valence-electron chi connectivity index (χ1n) is 5.94. The van der Waals surface area contributed by atoms with E-state index in [1.165, 1.54) is 11.3 Å². The molecule has 2 rings (SSSR count). The summed E-state index contributed by atoms with van der Waals surface area (Å²) in [6.45, 7) is 1.53. The van der Waals surface area contributed by atoms with Crippen molar-refractivity contribution in [2.45, 2.75) is 12.5 Å². The number of anilines is 2. The SMILES string of the molecule is CNC(=O)c1sc(N2CCC(OC)C2)c(C#N)c1N. The van der Waals surface area contributed by atoms with Crippen LogP contribution in [0.1, 0.15) is 21.7 Å². The molecule has 1 amide bonds. The Bertz CT molecular complexity index is 535. The lowest BCUT2D eigenvalue weighted by Gasteiger charge is -2.16. The summed E-state index contributed by atoms with van der Waals surface area (Å²) >= 11 is 1.26. The molecule has 0 aromatic carbocycles. The summed E-state index contributed by atoms with van der Waals surface area (Å²) in [5, 5.41) is 12.5. The van der Waals surface area contributed by atoms with Gasteiger partial charge in [-0.1, -0.05) is 0 Å². The Hall–Kier alpha value is -1.78. The van der Waals surface area contributed by atoms with Crippen LogP contribution in [-0.4, -0.2) is 39.3 Å². The standard InChI is InChI=1S/C12H16N4O2S/c1-15-11(17)10-9(14)8(5-13)12(19-10)16-4-3-7(6-16)18-2/h7H,3-4,6,14H2,1-2H3,(H,15,17). The number of nitrogens with two attached hydrogens (primary N) is 1. The third-order valence-electron chi connectivity index (χ3n) is 3.24. The first-order valence-corrected chi connectivity index (χ1v) is 6.76. The number of carbonyl (C=O) groups is 1. The number of carbonyl (C=O) groups excluding carboxylic acids is 1. The minimum atomic E-state index is -0.257. The molecule has 1 fully saturated rings. The quantitative estimate of drug-likeness (QED) is 0.854. The highest BCUT2D eigenvalue weighted by Crippen LogP contribution is 2.39. The van der Waals surface area contributed by atoms with Crippen molar-refractivity contribution in [3.05, 3.63) is 10.4 Å². The van der Waals surface area contributed by atoms with Gasteiger partial charge < -0.3 is 20.7 Å². The predicted molar refractivity (Wildman–Crippen MR) is 74.5 cm³/mol. The van der Waals surface area contributed by atoms with Crippen LogP contribution in [0.3, 0.4) is 0 Å². The molecule has 0 aliphatic carbocycles. The number of nitrogens with one attached hydrogen (secondary N) is 1. The molecule has 1 atom stereocenters. The van der Waals surface area contributed by atoms with Gasteiger partial charge in [0.15, 0.2) is 0 Å². The average molecular weight is 280 g/mol. The molecule has 3 N–H and O–H groups in total. The normalized spacial score (nSPS) is 18.4. The van der Waals surface area contributed by atoms with Crippen molar-refractivity contribution in [3.8, 4) is 6.07 Å². The maximum atomic E-state index is 11.7. The second-order valence-corrected chi connectivity index (χ2v) is 5.31. The van der Waals surface area contributed by atoms with Crippen LogP contribution in [0.25, 0.3) is 0 Å². The summed E-state index contributed by atoms with van der Waals surface area (Å²) in [5.74, 6) is -0.257. The molecule has 1 aromatic heterocycles. The molecular formula is C12H16N4O2S. The smallest absolute Gasteiger partial charge is 0.263 e. The Morgan fingerprint density at radius 3 is 2.95 bits per heavy atom. The van der Waals surface area contributed by atoms with Crippen molar-refractivity contribution >= 4 is 27.9 Å². The number of nitrogens with zero attached hydrogens (tertiary/aromatic N) is 2. The van der Waals surface area contributed by atoms with E-state index >= 15 is 0 Å². The first kappa shape index (κ1) is 13.6. The molecule has 0 saturated carbocycles. The van der Waals surface area contributed by atoms with Crippen LogP contribution < -0.4 is 16.0 Å². The van der Waals surface area contributed by atoms with Crippen molar-refractivity contribution in [2.75, 3.05) is 37.9 Å². The molecule has 1 saturated heterocycles. The Kier molecular flexibility index (Phi) is 3.93. The van der Waals surface area contributed by atoms with Gasteiger partial charge in [-0.25, -0.2) is 0 Å². The van der Waals surface area contributed by atoms with Crippen molar-refractivity contribution in [2.24, 2.45) is 0 Å². The van der Waals surface area contributed by atoms with Crippen LogP contribution in [-0.2, 0) is 4.74 Å². The fourth-order valence-electron chi connectivity index (χ4n) is 2.15. The van der Waals surface area contributed by atoms with Crippen molar-refractivity contribution in [1.29, 1.82) is 5.26 Å². The van der Waals surface area contributed by atoms with Gasteiger partial charge in [0.1, 0.15) is 21.5 Å². The first-order chi connectivity index (χ1) is 9.12. The van der Waals surface area contributed by atoms with E-state index in [9.17, 15) is 10.1 Å². The number of rotatable bonds is 3. The zero-order valence-electron chi connectivity index (χ0n) is 10.9. The van der Waals surface area contributed by atoms with E-state index in [1.54, 1.807) is 14.2 Å². The maximum Gasteiger partial charge on any atom is 0.263 e. The number of hydrogen-bond acceptors (Lipinski definition) is 6. The average Bonchev–Trinajstić information content (AvgIpc) is 3.01. The number of amides is 1. The number of thiophene rings is 1. The monoisotopic (exact) mass is 280 g/mol. The number of nitrogen functional groups attached to an aromatic ring is 1. The lowest BCUT2D eigenvalue weighted by molar-refractivity contribution is 0.0968. The van der Waals surface area contributed by atoms with Crippen molar-refractivity contribution < 1.29 is 9.53 Å². The molecule has 0 spiro atoms. The fourth-order valence-corrected chi connectivity index (χ4v) is 3.30. The molecule has 0 bridgehead atoms. The van der Waals surface area contributed by atoms with Gasteiger partial charge in [-0.05, 0) is 6.42 Å². The van der Waals surface area contributed by atoms with Crippen LogP contribution in [0.4, 0.5) is 10.7 Å². The predicted octanol–water partition coefficient (Wildman–Crippen LogP) is 0.787. The van der Waals surface area contributed by atoms with Crippen LogP contribution in [0.5, 0.6) is 0 Å². The summed E-state index contributed by atoms with van der Waals surface area (Å²) in [6, 6.07) is 2.10. The Balaban J connectivity index is 2.36. The van der Waals surface area contributed by atoms with E-state index in [0.29, 0.717) is 10.4 Å². The molecular weight excluding hydrogens is 264 g/mol. The zero-order valence-corrected chi connectivity index (χ0v) is 11.7. The topological polar surface area (TPSA) is 91.4 Å². The molecule has 1 aromatic rings. The Labute approximate surface area is 115 Å². The summed E-state index contributed by atoms with van der Waals surface area (Å²) < 4.78 is 5.31. The number of nitriles is 1. The van der Waals surface area contributed by atoms with E-state index in [1.807, 2.05) is 0 Å². The highest BCUT2D eigenvalue weighted by Gasteiger charge is 2.29. The molecule has 6 nitrogen and oxygen atoms in total. The minimum Gasteiger partial charge on any atom is -0.396 e. The Morgan fingerprint density at radius 1 is 1.68 bits per heavy atom. The molecule has 1 aliphatic heterocycles. The largest absolute Gasteiger partial charge is 0.396 e. The lowest BCUT2D eigenvalue weighted by Crippen LogP contribution is -2.21. The second kappa shape index (κ2) is 5.47. The van der Waals surface area contributed by atoms with E-state index in [0.717, 1.165) is 24.5 Å². The molecule has 7 heteroatoms. The van der Waals surface area contributed by atoms with Gasteiger partial charge in [0.05, 0.1) is 11.8 Å².